The van der Waals surface area contributed by atoms with Crippen LogP contribution in [-0.2, 0) is 74.0 Å². The molecule has 0 spiro atoms. The summed E-state index contributed by atoms with van der Waals surface area (Å²) >= 11 is 0. The van der Waals surface area contributed by atoms with Gasteiger partial charge in [0.05, 0.1) is 0 Å². The van der Waals surface area contributed by atoms with Gasteiger partial charge in [0, 0.05) is 51.7 Å². The van der Waals surface area contributed by atoms with Gasteiger partial charge in [0.25, 0.3) is 0 Å². The SMILES string of the molecule is O=[PH](OP(=O)(O)O)OP(=O)(O)O.[Hf].[Hf]. The maximum atomic E-state index is 10.2. The fraction of sp³-hybridized carbons (Fsp3) is 0. The molecule has 0 fully saturated rings. The van der Waals surface area contributed by atoms with Gasteiger partial charge in [-0.25, -0.2) is 17.8 Å². The third-order valence-corrected chi connectivity index (χ3v) is 3.48. The molecule has 0 heterocycles. The smallest absolute Gasteiger partial charge is 0.302 e. The molecule has 0 unspecified atom stereocenters. The molecule has 0 saturated carbocycles. The van der Waals surface area contributed by atoms with Gasteiger partial charge >= 0.3 is 23.9 Å². The van der Waals surface area contributed by atoms with Crippen LogP contribution in [0.2, 0.25) is 0 Å². The molecule has 0 rings (SSSR count). The van der Waals surface area contributed by atoms with Crippen LogP contribution in [0.3, 0.4) is 0 Å². The van der Waals surface area contributed by atoms with Gasteiger partial charge in [-0.3, -0.25) is 4.57 Å². The standard InChI is InChI=1S/2Hf.H5O9P3/c;;1-10(8-11(2,3)4)9-12(5,6)7/h;;10H,(H2,2,3,4)(H2,5,6,7). The first-order chi connectivity index (χ1) is 5.10. The summed E-state index contributed by atoms with van der Waals surface area (Å²) in [5.41, 5.74) is 0. The van der Waals surface area contributed by atoms with Gasteiger partial charge in [0.2, 0.25) is 0 Å². The predicted octanol–water partition coefficient (Wildman–Crippen LogP) is -0.410. The number of hydrogen-bond acceptors (Lipinski definition) is 5. The zero-order valence-electron chi connectivity index (χ0n) is 6.22. The van der Waals surface area contributed by atoms with E-state index in [1.165, 1.54) is 0 Å². The van der Waals surface area contributed by atoms with Gasteiger partial charge in [0.15, 0.2) is 0 Å². The van der Waals surface area contributed by atoms with Crippen molar-refractivity contribution in [3.63, 3.8) is 0 Å². The zero-order chi connectivity index (χ0) is 9.99. The van der Waals surface area contributed by atoms with Crippen molar-refractivity contribution >= 4 is 23.9 Å². The first-order valence-electron chi connectivity index (χ1n) is 2.14. The average molecular weight is 599 g/mol. The quantitative estimate of drug-likeness (QED) is 0.250. The molecule has 0 aromatic rings. The molecule has 0 aromatic carbocycles. The molecule has 0 aromatic heterocycles. The van der Waals surface area contributed by atoms with Crippen LogP contribution in [0.1, 0.15) is 0 Å². The summed E-state index contributed by atoms with van der Waals surface area (Å²) in [4.78, 5) is 31.9. The second-order valence-electron chi connectivity index (χ2n) is 1.41. The van der Waals surface area contributed by atoms with Crippen LogP contribution in [0.4, 0.5) is 0 Å². The molecule has 9 nitrogen and oxygen atoms in total. The first kappa shape index (κ1) is 21.5. The predicted molar refractivity (Wildman–Crippen MR) is 35.3 cm³/mol. The molecule has 0 atom stereocenters. The third-order valence-electron chi connectivity index (χ3n) is 0.387. The molecule has 14 heavy (non-hydrogen) atoms. The number of rotatable bonds is 4. The molecular weight excluding hydrogens is 594 g/mol. The third kappa shape index (κ3) is 16.6. The fourth-order valence-corrected chi connectivity index (χ4v) is 2.20. The summed E-state index contributed by atoms with van der Waals surface area (Å²) in [6.45, 7) is 0. The van der Waals surface area contributed by atoms with Gasteiger partial charge in [-0.1, -0.05) is 0 Å². The van der Waals surface area contributed by atoms with Gasteiger partial charge in [-0.05, 0) is 0 Å². The monoisotopic (exact) mass is 602 g/mol. The summed E-state index contributed by atoms with van der Waals surface area (Å²) in [5.74, 6) is 0. The first-order valence-corrected chi connectivity index (χ1v) is 6.43. The Hall–Kier alpha value is 2.19. The van der Waals surface area contributed by atoms with Crippen molar-refractivity contribution in [2.45, 2.75) is 0 Å². The Kier molecular flexibility index (Phi) is 12.7. The van der Waals surface area contributed by atoms with E-state index in [0.717, 1.165) is 0 Å². The Balaban J connectivity index is -0.000000605. The summed E-state index contributed by atoms with van der Waals surface area (Å²) < 4.78 is 36.6. The summed E-state index contributed by atoms with van der Waals surface area (Å²) in [7, 11) is -14.0. The van der Waals surface area contributed by atoms with Crippen molar-refractivity contribution < 1.29 is 93.6 Å². The van der Waals surface area contributed by atoms with Crippen LogP contribution in [0, 0.1) is 0 Å². The second kappa shape index (κ2) is 8.31. The fourth-order valence-electron chi connectivity index (χ4n) is 0.211. The minimum atomic E-state index is -5.04. The van der Waals surface area contributed by atoms with Crippen molar-refractivity contribution in [2.75, 3.05) is 0 Å². The molecule has 0 bridgehead atoms. The Morgan fingerprint density at radius 3 is 1.21 bits per heavy atom. The van der Waals surface area contributed by atoms with Crippen LogP contribution in [0.25, 0.3) is 0 Å². The van der Waals surface area contributed by atoms with E-state index < -0.39 is 23.9 Å². The number of hydrogen-bond donors (Lipinski definition) is 4. The summed E-state index contributed by atoms with van der Waals surface area (Å²) in [6, 6.07) is 0. The van der Waals surface area contributed by atoms with E-state index in [4.69, 9.17) is 19.6 Å². The Labute approximate surface area is 117 Å². The summed E-state index contributed by atoms with van der Waals surface area (Å²) in [5, 5.41) is 0. The van der Waals surface area contributed by atoms with Crippen LogP contribution in [0.5, 0.6) is 0 Å². The molecule has 0 aliphatic heterocycles. The van der Waals surface area contributed by atoms with E-state index in [2.05, 4.69) is 8.62 Å². The Morgan fingerprint density at radius 1 is 0.857 bits per heavy atom. The second-order valence-corrected chi connectivity index (χ2v) is 5.34. The van der Waals surface area contributed by atoms with E-state index in [1.54, 1.807) is 0 Å². The van der Waals surface area contributed by atoms with Gasteiger partial charge < -0.3 is 19.6 Å². The number of phosphoric acid groups is 2. The largest absolute Gasteiger partial charge is 0.476 e. The van der Waals surface area contributed by atoms with E-state index in [1.807, 2.05) is 0 Å². The molecule has 0 aliphatic carbocycles. The molecule has 14 heteroatoms. The van der Waals surface area contributed by atoms with Gasteiger partial charge in [-0.2, -0.15) is 0 Å². The van der Waals surface area contributed by atoms with Crippen molar-refractivity contribution in [3.8, 4) is 0 Å². The summed E-state index contributed by atoms with van der Waals surface area (Å²) in [6.07, 6.45) is 0. The Bertz CT molecular complexity index is 233. The van der Waals surface area contributed by atoms with Crippen LogP contribution in [-0.4, -0.2) is 19.6 Å². The molecule has 82 valence electrons. The van der Waals surface area contributed by atoms with Crippen LogP contribution in [0.15, 0.2) is 0 Å². The topological polar surface area (TPSA) is 151 Å². The maximum Gasteiger partial charge on any atom is 0.476 e. The van der Waals surface area contributed by atoms with Crippen molar-refractivity contribution in [3.05, 3.63) is 0 Å². The molecule has 0 radical (unpaired) electrons. The van der Waals surface area contributed by atoms with Gasteiger partial charge in [0.1, 0.15) is 0 Å². The normalized spacial score (nSPS) is 11.8. The average Bonchev–Trinajstić information content (AvgIpc) is 1.49. The maximum absolute atomic E-state index is 10.2. The molecule has 0 amide bonds. The van der Waals surface area contributed by atoms with Crippen molar-refractivity contribution in [1.82, 2.24) is 0 Å². The van der Waals surface area contributed by atoms with Crippen LogP contribution < -0.4 is 0 Å². The van der Waals surface area contributed by atoms with Crippen molar-refractivity contribution in [2.24, 2.45) is 0 Å². The van der Waals surface area contributed by atoms with Crippen LogP contribution >= 0.6 is 23.9 Å². The zero-order valence-corrected chi connectivity index (χ0v) is 16.2. The minimum absolute atomic E-state index is 0. The van der Waals surface area contributed by atoms with Gasteiger partial charge in [-0.15, -0.1) is 0 Å². The van der Waals surface area contributed by atoms with Crippen molar-refractivity contribution in [1.29, 1.82) is 0 Å². The molecule has 0 saturated heterocycles. The van der Waals surface area contributed by atoms with E-state index in [9.17, 15) is 13.7 Å². The van der Waals surface area contributed by atoms with E-state index in [0.29, 0.717) is 0 Å². The minimum Gasteiger partial charge on any atom is -0.302 e. The van der Waals surface area contributed by atoms with E-state index in [-0.39, 0.29) is 51.7 Å². The molecule has 0 aliphatic rings. The van der Waals surface area contributed by atoms with E-state index >= 15 is 0 Å². The molecular formula is H5Hf2O9P3. The Morgan fingerprint density at radius 2 is 1.07 bits per heavy atom. The molecule has 4 N–H and O–H groups in total.